The molecule has 1 N–H and O–H groups in total. The van der Waals surface area contributed by atoms with Crippen LogP contribution in [-0.4, -0.2) is 45.4 Å². The van der Waals surface area contributed by atoms with Gasteiger partial charge < -0.3 is 10.1 Å². The molecule has 2 aromatic rings. The van der Waals surface area contributed by atoms with Crippen LogP contribution >= 0.6 is 0 Å². The van der Waals surface area contributed by atoms with E-state index in [9.17, 15) is 22.0 Å². The highest BCUT2D eigenvalue weighted by Gasteiger charge is 2.24. The van der Waals surface area contributed by atoms with Crippen LogP contribution in [0.2, 0.25) is 0 Å². The van der Waals surface area contributed by atoms with Gasteiger partial charge in [-0.25, -0.2) is 17.2 Å². The van der Waals surface area contributed by atoms with Crippen molar-refractivity contribution < 1.29 is 26.7 Å². The first-order valence-electron chi connectivity index (χ1n) is 9.14. The molecule has 0 aliphatic rings. The summed E-state index contributed by atoms with van der Waals surface area (Å²) in [6, 6.07) is 7.23. The molecule has 0 heterocycles. The van der Waals surface area contributed by atoms with Crippen molar-refractivity contribution in [1.29, 1.82) is 0 Å². The number of ether oxygens (including phenoxy) is 1. The lowest BCUT2D eigenvalue weighted by Gasteiger charge is -2.19. The average Bonchev–Trinajstić information content (AvgIpc) is 2.67. The second kappa shape index (κ2) is 9.80. The van der Waals surface area contributed by atoms with Gasteiger partial charge in [-0.1, -0.05) is 13.8 Å². The lowest BCUT2D eigenvalue weighted by atomic mass is 10.1. The van der Waals surface area contributed by atoms with Crippen LogP contribution in [0.4, 0.5) is 8.78 Å². The first-order chi connectivity index (χ1) is 13.7. The molecule has 6 nitrogen and oxygen atoms in total. The number of amides is 1. The quantitative estimate of drug-likeness (QED) is 0.669. The lowest BCUT2D eigenvalue weighted by molar-refractivity contribution is 0.0951. The zero-order valence-corrected chi connectivity index (χ0v) is 17.4. The van der Waals surface area contributed by atoms with E-state index < -0.39 is 27.6 Å². The Morgan fingerprint density at radius 1 is 1.07 bits per heavy atom. The molecule has 9 heteroatoms. The molecule has 0 bridgehead atoms. The first-order valence-corrected chi connectivity index (χ1v) is 10.6. The molecule has 2 aromatic carbocycles. The van der Waals surface area contributed by atoms with Gasteiger partial charge in [0.2, 0.25) is 10.0 Å². The molecule has 0 aromatic heterocycles. The van der Waals surface area contributed by atoms with Crippen molar-refractivity contribution in [3.8, 4) is 5.75 Å². The average molecular weight is 426 g/mol. The third-order valence-electron chi connectivity index (χ3n) is 4.38. The highest BCUT2D eigenvalue weighted by molar-refractivity contribution is 7.89. The molecule has 0 aliphatic carbocycles. The normalized spacial score (nSPS) is 11.5. The summed E-state index contributed by atoms with van der Waals surface area (Å²) in [6.45, 7) is 4.17. The smallest absolute Gasteiger partial charge is 0.255 e. The van der Waals surface area contributed by atoms with E-state index in [1.54, 1.807) is 13.8 Å². The molecule has 1 amide bonds. The first kappa shape index (κ1) is 22.8. The molecule has 0 unspecified atom stereocenters. The highest BCUT2D eigenvalue weighted by Crippen LogP contribution is 2.24. The van der Waals surface area contributed by atoms with Crippen molar-refractivity contribution in [3.05, 3.63) is 59.2 Å². The number of nitrogens with one attached hydrogen (secondary N) is 1. The van der Waals surface area contributed by atoms with Gasteiger partial charge in [-0.05, 0) is 42.3 Å². The van der Waals surface area contributed by atoms with Crippen molar-refractivity contribution in [2.75, 3.05) is 26.7 Å². The summed E-state index contributed by atoms with van der Waals surface area (Å²) >= 11 is 0. The predicted octanol–water partition coefficient (Wildman–Crippen LogP) is 2.98. The van der Waals surface area contributed by atoms with Gasteiger partial charge in [0.1, 0.15) is 17.4 Å². The minimum absolute atomic E-state index is 0.0145. The van der Waals surface area contributed by atoms with Crippen molar-refractivity contribution in [2.45, 2.75) is 25.2 Å². The third kappa shape index (κ3) is 5.51. The summed E-state index contributed by atoms with van der Waals surface area (Å²) in [5.41, 5.74) is 0.457. The van der Waals surface area contributed by atoms with Crippen molar-refractivity contribution in [3.63, 3.8) is 0 Å². The number of rotatable bonds is 9. The van der Waals surface area contributed by atoms with Gasteiger partial charge in [-0.3, -0.25) is 4.79 Å². The fraction of sp³-hybridized carbons (Fsp3) is 0.350. The molecule has 0 radical (unpaired) electrons. The maximum Gasteiger partial charge on any atom is 0.255 e. The monoisotopic (exact) mass is 426 g/mol. The lowest BCUT2D eigenvalue weighted by Crippen LogP contribution is -2.31. The summed E-state index contributed by atoms with van der Waals surface area (Å²) in [4.78, 5) is 12.6. The predicted molar refractivity (Wildman–Crippen MR) is 105 cm³/mol. The van der Waals surface area contributed by atoms with Gasteiger partial charge in [-0.15, -0.1) is 0 Å². The fourth-order valence-corrected chi connectivity index (χ4v) is 4.39. The topological polar surface area (TPSA) is 75.7 Å². The Morgan fingerprint density at radius 2 is 1.69 bits per heavy atom. The fourth-order valence-electron chi connectivity index (χ4n) is 2.91. The summed E-state index contributed by atoms with van der Waals surface area (Å²) in [7, 11) is -2.37. The maximum absolute atomic E-state index is 13.3. The number of carbonyl (C=O) groups is 1. The minimum Gasteiger partial charge on any atom is -0.496 e. The van der Waals surface area contributed by atoms with Gasteiger partial charge in [0.25, 0.3) is 5.91 Å². The second-order valence-corrected chi connectivity index (χ2v) is 8.17. The van der Waals surface area contributed by atoms with Gasteiger partial charge in [0.05, 0.1) is 17.6 Å². The number of benzene rings is 2. The molecule has 158 valence electrons. The number of nitrogens with zero attached hydrogens (tertiary/aromatic N) is 1. The van der Waals surface area contributed by atoms with Crippen LogP contribution in [0.3, 0.4) is 0 Å². The molecular weight excluding hydrogens is 402 g/mol. The molecule has 0 fully saturated rings. The maximum atomic E-state index is 13.3. The zero-order valence-electron chi connectivity index (χ0n) is 16.5. The Balaban J connectivity index is 2.20. The third-order valence-corrected chi connectivity index (χ3v) is 6.43. The van der Waals surface area contributed by atoms with Crippen LogP contribution in [-0.2, 0) is 16.4 Å². The van der Waals surface area contributed by atoms with E-state index in [1.165, 1.54) is 41.7 Å². The SMILES string of the molecule is CCN(CC)S(=O)(=O)c1ccc(OC)c(C(=O)NCCc2cc(F)cc(F)c2)c1. The molecule has 29 heavy (non-hydrogen) atoms. The van der Waals surface area contributed by atoms with E-state index in [2.05, 4.69) is 5.32 Å². The number of hydrogen-bond acceptors (Lipinski definition) is 4. The standard InChI is InChI=1S/C20H24F2N2O4S/c1-4-24(5-2)29(26,27)17-6-7-19(28-3)18(13-17)20(25)23-9-8-14-10-15(21)12-16(22)11-14/h6-7,10-13H,4-5,8-9H2,1-3H3,(H,23,25). The van der Waals surface area contributed by atoms with Crippen LogP contribution < -0.4 is 10.1 Å². The van der Waals surface area contributed by atoms with Gasteiger partial charge in [-0.2, -0.15) is 4.31 Å². The Kier molecular flexibility index (Phi) is 7.69. The van der Waals surface area contributed by atoms with Crippen LogP contribution in [0.1, 0.15) is 29.8 Å². The van der Waals surface area contributed by atoms with Crippen molar-refractivity contribution in [1.82, 2.24) is 9.62 Å². The van der Waals surface area contributed by atoms with Gasteiger partial charge in [0, 0.05) is 25.7 Å². The number of halogens is 2. The van der Waals surface area contributed by atoms with Crippen molar-refractivity contribution in [2.24, 2.45) is 0 Å². The summed E-state index contributed by atoms with van der Waals surface area (Å²) < 4.78 is 58.4. The molecule has 0 atom stereocenters. The van der Waals surface area contributed by atoms with Crippen LogP contribution in [0, 0.1) is 11.6 Å². The Labute approximate surface area is 169 Å². The molecule has 0 aliphatic heterocycles. The summed E-state index contributed by atoms with van der Waals surface area (Å²) in [6.07, 6.45) is 0.209. The molecule has 2 rings (SSSR count). The van der Waals surface area contributed by atoms with Gasteiger partial charge >= 0.3 is 0 Å². The van der Waals surface area contributed by atoms with E-state index in [0.29, 0.717) is 18.7 Å². The van der Waals surface area contributed by atoms with Crippen LogP contribution in [0.5, 0.6) is 5.75 Å². The van der Waals surface area contributed by atoms with Crippen LogP contribution in [0.25, 0.3) is 0 Å². The Morgan fingerprint density at radius 3 is 2.24 bits per heavy atom. The molecule has 0 saturated heterocycles. The molecule has 0 saturated carbocycles. The zero-order chi connectivity index (χ0) is 21.6. The second-order valence-electron chi connectivity index (χ2n) is 6.24. The Hall–Kier alpha value is -2.52. The van der Waals surface area contributed by atoms with Gasteiger partial charge in [0.15, 0.2) is 0 Å². The number of methoxy groups -OCH3 is 1. The van der Waals surface area contributed by atoms with E-state index in [0.717, 1.165) is 6.07 Å². The highest BCUT2D eigenvalue weighted by atomic mass is 32.2. The van der Waals surface area contributed by atoms with Crippen molar-refractivity contribution >= 4 is 15.9 Å². The number of sulfonamides is 1. The Bertz CT molecular complexity index is 956. The number of hydrogen-bond donors (Lipinski definition) is 1. The number of carbonyl (C=O) groups excluding carboxylic acids is 1. The van der Waals surface area contributed by atoms with E-state index >= 15 is 0 Å². The summed E-state index contributed by atoms with van der Waals surface area (Å²) in [5.74, 6) is -1.71. The molecular formula is C20H24F2N2O4S. The van der Waals surface area contributed by atoms with Crippen LogP contribution in [0.15, 0.2) is 41.3 Å². The summed E-state index contributed by atoms with van der Waals surface area (Å²) in [5, 5.41) is 2.62. The minimum atomic E-state index is -3.74. The largest absolute Gasteiger partial charge is 0.496 e. The molecule has 0 spiro atoms. The van der Waals surface area contributed by atoms with E-state index in [1.807, 2.05) is 0 Å². The van der Waals surface area contributed by atoms with E-state index in [4.69, 9.17) is 4.74 Å². The van der Waals surface area contributed by atoms with E-state index in [-0.39, 0.29) is 29.2 Å².